The van der Waals surface area contributed by atoms with Crippen molar-refractivity contribution in [2.24, 2.45) is 0 Å². The highest BCUT2D eigenvalue weighted by Gasteiger charge is 2.31. The van der Waals surface area contributed by atoms with Crippen molar-refractivity contribution in [3.05, 3.63) is 77.9 Å². The Balaban J connectivity index is 1.66. The maximum atomic E-state index is 13.7. The van der Waals surface area contributed by atoms with Crippen LogP contribution in [0.3, 0.4) is 0 Å². The van der Waals surface area contributed by atoms with Gasteiger partial charge in [0, 0.05) is 18.8 Å². The van der Waals surface area contributed by atoms with E-state index < -0.39 is 32.5 Å². The summed E-state index contributed by atoms with van der Waals surface area (Å²) in [5, 5.41) is 2.68. The van der Waals surface area contributed by atoms with Gasteiger partial charge in [-0.15, -0.1) is 0 Å². The van der Waals surface area contributed by atoms with Crippen LogP contribution in [0.25, 0.3) is 0 Å². The summed E-state index contributed by atoms with van der Waals surface area (Å²) in [5.41, 5.74) is 2.21. The maximum Gasteiger partial charge on any atom is 0.264 e. The lowest BCUT2D eigenvalue weighted by atomic mass is 10.1. The second-order valence-corrected chi connectivity index (χ2v) is 13.2. The molecule has 1 fully saturated rings. The van der Waals surface area contributed by atoms with Crippen LogP contribution in [-0.2, 0) is 24.8 Å². The third-order valence-electron chi connectivity index (χ3n) is 6.84. The molecule has 1 amide bonds. The Hall–Kier alpha value is -3.41. The Morgan fingerprint density at radius 3 is 2.28 bits per heavy atom. The van der Waals surface area contributed by atoms with Gasteiger partial charge in [0.1, 0.15) is 17.2 Å². The van der Waals surface area contributed by atoms with Crippen molar-refractivity contribution in [2.45, 2.75) is 42.9 Å². The molecule has 0 atom stereocenters. The molecule has 1 aliphatic rings. The van der Waals surface area contributed by atoms with Crippen LogP contribution in [0.15, 0.2) is 76.5 Å². The third kappa shape index (κ3) is 6.10. The Kier molecular flexibility index (Phi) is 8.63. The molecular formula is C28H33N3O6S2. The normalized spacial score (nSPS) is 14.5. The summed E-state index contributed by atoms with van der Waals surface area (Å²) in [6.45, 7) is 4.00. The fraction of sp³-hybridized carbons (Fsp3) is 0.321. The van der Waals surface area contributed by atoms with E-state index in [1.54, 1.807) is 37.3 Å². The zero-order valence-electron chi connectivity index (χ0n) is 22.3. The Morgan fingerprint density at radius 1 is 0.923 bits per heavy atom. The van der Waals surface area contributed by atoms with Gasteiger partial charge in [-0.05, 0) is 74.2 Å². The van der Waals surface area contributed by atoms with Crippen molar-refractivity contribution in [2.75, 3.05) is 36.4 Å². The van der Waals surface area contributed by atoms with Gasteiger partial charge in [-0.1, -0.05) is 36.8 Å². The van der Waals surface area contributed by atoms with Gasteiger partial charge in [0.25, 0.3) is 10.0 Å². The molecule has 0 saturated carbocycles. The van der Waals surface area contributed by atoms with E-state index in [2.05, 4.69) is 5.32 Å². The molecule has 3 aromatic carbocycles. The monoisotopic (exact) mass is 571 g/mol. The second kappa shape index (κ2) is 11.8. The van der Waals surface area contributed by atoms with Crippen LogP contribution in [0.5, 0.6) is 5.75 Å². The van der Waals surface area contributed by atoms with Gasteiger partial charge in [0.2, 0.25) is 15.9 Å². The summed E-state index contributed by atoms with van der Waals surface area (Å²) in [5.74, 6) is -0.455. The number of sulfonamides is 2. The fourth-order valence-corrected chi connectivity index (χ4v) is 7.75. The van der Waals surface area contributed by atoms with Crippen LogP contribution in [0.1, 0.15) is 30.4 Å². The first-order chi connectivity index (χ1) is 18.6. The number of amides is 1. The quantitative estimate of drug-likeness (QED) is 0.409. The van der Waals surface area contributed by atoms with Gasteiger partial charge in [0.15, 0.2) is 0 Å². The molecule has 39 heavy (non-hydrogen) atoms. The molecule has 1 N–H and O–H groups in total. The number of methoxy groups -OCH3 is 1. The zero-order chi connectivity index (χ0) is 28.2. The van der Waals surface area contributed by atoms with Gasteiger partial charge in [-0.2, -0.15) is 4.31 Å². The van der Waals surface area contributed by atoms with E-state index in [4.69, 9.17) is 4.74 Å². The molecule has 1 saturated heterocycles. The van der Waals surface area contributed by atoms with Crippen molar-refractivity contribution in [1.82, 2.24) is 4.31 Å². The Labute approximate surface area is 230 Å². The number of benzene rings is 3. The number of rotatable bonds is 9. The van der Waals surface area contributed by atoms with Gasteiger partial charge < -0.3 is 10.1 Å². The third-order valence-corrected chi connectivity index (χ3v) is 10.5. The van der Waals surface area contributed by atoms with Gasteiger partial charge in [0.05, 0.1) is 17.7 Å². The Bertz CT molecular complexity index is 1550. The molecule has 0 radical (unpaired) electrons. The number of aryl methyl sites for hydroxylation is 1. The Morgan fingerprint density at radius 2 is 1.62 bits per heavy atom. The number of nitrogens with one attached hydrogen (secondary N) is 1. The average Bonchev–Trinajstić information content (AvgIpc) is 2.94. The molecule has 1 aliphatic heterocycles. The standard InChI is InChI=1S/C28H33N3O6S2/c1-21-11-10-14-25(22(21)2)31(38(33,34)24-12-6-4-7-13-24)20-28(32)29-23-15-16-26(37-3)27(19-23)39(35,36)30-17-8-5-9-18-30/h4,6-7,10-16,19H,5,8-9,17-18,20H2,1-3H3,(H,29,32). The van der Waals surface area contributed by atoms with E-state index in [0.717, 1.165) is 34.7 Å². The zero-order valence-corrected chi connectivity index (χ0v) is 23.9. The predicted molar refractivity (Wildman–Crippen MR) is 151 cm³/mol. The molecule has 0 unspecified atom stereocenters. The van der Waals surface area contributed by atoms with Gasteiger partial charge in [-0.25, -0.2) is 16.8 Å². The van der Waals surface area contributed by atoms with E-state index >= 15 is 0 Å². The highest BCUT2D eigenvalue weighted by molar-refractivity contribution is 7.92. The largest absolute Gasteiger partial charge is 0.495 e. The molecule has 1 heterocycles. The lowest BCUT2D eigenvalue weighted by Gasteiger charge is -2.27. The van der Waals surface area contributed by atoms with Crippen LogP contribution < -0.4 is 14.4 Å². The van der Waals surface area contributed by atoms with E-state index in [1.807, 2.05) is 13.0 Å². The number of anilines is 2. The van der Waals surface area contributed by atoms with Crippen molar-refractivity contribution >= 4 is 37.3 Å². The minimum Gasteiger partial charge on any atom is -0.495 e. The highest BCUT2D eigenvalue weighted by Crippen LogP contribution is 2.32. The molecule has 208 valence electrons. The topological polar surface area (TPSA) is 113 Å². The maximum absolute atomic E-state index is 13.7. The highest BCUT2D eigenvalue weighted by atomic mass is 32.2. The first-order valence-corrected chi connectivity index (χ1v) is 15.6. The predicted octanol–water partition coefficient (Wildman–Crippen LogP) is 4.32. The lowest BCUT2D eigenvalue weighted by Crippen LogP contribution is -2.38. The number of hydrogen-bond donors (Lipinski definition) is 1. The van der Waals surface area contributed by atoms with E-state index in [-0.39, 0.29) is 21.2 Å². The minimum absolute atomic E-state index is 0.0482. The molecule has 0 spiro atoms. The molecule has 3 aromatic rings. The van der Waals surface area contributed by atoms with E-state index in [0.29, 0.717) is 18.8 Å². The van der Waals surface area contributed by atoms with Crippen molar-refractivity contribution in [3.8, 4) is 5.75 Å². The molecule has 11 heteroatoms. The number of carbonyl (C=O) groups is 1. The summed E-state index contributed by atoms with van der Waals surface area (Å²) < 4.78 is 61.9. The molecule has 0 aromatic heterocycles. The SMILES string of the molecule is COc1ccc(NC(=O)CN(c2cccc(C)c2C)S(=O)(=O)c2ccccc2)cc1S(=O)(=O)N1CCCCC1. The second-order valence-electron chi connectivity index (χ2n) is 9.42. The summed E-state index contributed by atoms with van der Waals surface area (Å²) in [6, 6.07) is 17.5. The summed E-state index contributed by atoms with van der Waals surface area (Å²) in [7, 11) is -6.55. The number of piperidine rings is 1. The van der Waals surface area contributed by atoms with Crippen LogP contribution in [0.4, 0.5) is 11.4 Å². The number of carbonyl (C=O) groups excluding carboxylic acids is 1. The van der Waals surface area contributed by atoms with E-state index in [9.17, 15) is 21.6 Å². The van der Waals surface area contributed by atoms with Crippen LogP contribution in [-0.4, -0.2) is 53.8 Å². The summed E-state index contributed by atoms with van der Waals surface area (Å²) in [6.07, 6.45) is 2.53. The van der Waals surface area contributed by atoms with Crippen molar-refractivity contribution < 1.29 is 26.4 Å². The van der Waals surface area contributed by atoms with Crippen molar-refractivity contribution in [3.63, 3.8) is 0 Å². The van der Waals surface area contributed by atoms with Crippen molar-refractivity contribution in [1.29, 1.82) is 0 Å². The first kappa shape index (κ1) is 28.6. The fourth-order valence-electron chi connectivity index (χ4n) is 4.56. The minimum atomic E-state index is -4.09. The van der Waals surface area contributed by atoms with Crippen LogP contribution in [0, 0.1) is 13.8 Å². The van der Waals surface area contributed by atoms with Gasteiger partial charge in [-0.3, -0.25) is 9.10 Å². The molecule has 0 bridgehead atoms. The van der Waals surface area contributed by atoms with Crippen LogP contribution in [0.2, 0.25) is 0 Å². The van der Waals surface area contributed by atoms with E-state index in [1.165, 1.54) is 41.7 Å². The molecule has 4 rings (SSSR count). The lowest BCUT2D eigenvalue weighted by molar-refractivity contribution is -0.114. The smallest absolute Gasteiger partial charge is 0.264 e. The van der Waals surface area contributed by atoms with Gasteiger partial charge >= 0.3 is 0 Å². The summed E-state index contributed by atoms with van der Waals surface area (Å²) in [4.78, 5) is 13.3. The number of ether oxygens (including phenoxy) is 1. The molecule has 0 aliphatic carbocycles. The average molecular weight is 572 g/mol. The number of hydrogen-bond acceptors (Lipinski definition) is 6. The summed E-state index contributed by atoms with van der Waals surface area (Å²) >= 11 is 0. The molecular weight excluding hydrogens is 538 g/mol. The van der Waals surface area contributed by atoms with Crippen LogP contribution >= 0.6 is 0 Å². The number of nitrogens with zero attached hydrogens (tertiary/aromatic N) is 2. The first-order valence-electron chi connectivity index (χ1n) is 12.7. The molecule has 9 nitrogen and oxygen atoms in total.